The van der Waals surface area contributed by atoms with Crippen molar-refractivity contribution in [3.8, 4) is 0 Å². The normalized spacial score (nSPS) is 53.7. The van der Waals surface area contributed by atoms with Crippen molar-refractivity contribution in [2.75, 3.05) is 6.61 Å². The van der Waals surface area contributed by atoms with Crippen molar-refractivity contribution < 1.29 is 14.3 Å². The number of fused-ring (bicyclic) bond motifs is 4. The first-order chi connectivity index (χ1) is 14.2. The van der Waals surface area contributed by atoms with E-state index in [1.54, 1.807) is 0 Å². The highest BCUT2D eigenvalue weighted by molar-refractivity contribution is 6.01. The topological polar surface area (TPSA) is 35.5 Å². The minimum absolute atomic E-state index is 0.0557. The van der Waals surface area contributed by atoms with Gasteiger partial charge in [-0.1, -0.05) is 25.5 Å². The predicted octanol–water partition coefficient (Wildman–Crippen LogP) is 5.84. The van der Waals surface area contributed by atoms with Crippen molar-refractivity contribution >= 4 is 5.78 Å². The number of ketones is 1. The first-order valence-corrected chi connectivity index (χ1v) is 12.5. The van der Waals surface area contributed by atoms with Gasteiger partial charge >= 0.3 is 0 Å². The SMILES string of the molecule is C[C@H]1[C@H]2CCC3[C@@H]4CCC5=CC(=O)C=C[C@]5(C)C4CC[C@@]32CO[C@@]12CCC(C)(C)O2. The summed E-state index contributed by atoms with van der Waals surface area (Å²) in [5, 5.41) is 0. The Balaban J connectivity index is 1.30. The second kappa shape index (κ2) is 6.10. The molecule has 6 aliphatic rings. The first-order valence-electron chi connectivity index (χ1n) is 12.5. The molecule has 2 spiro atoms. The lowest BCUT2D eigenvalue weighted by Crippen LogP contribution is -2.60. The van der Waals surface area contributed by atoms with E-state index in [0.29, 0.717) is 17.3 Å². The molecule has 0 amide bonds. The van der Waals surface area contributed by atoms with Crippen LogP contribution < -0.4 is 0 Å². The maximum atomic E-state index is 12.0. The third-order valence-corrected chi connectivity index (χ3v) is 10.7. The van der Waals surface area contributed by atoms with Gasteiger partial charge in [-0.2, -0.15) is 0 Å². The number of rotatable bonds is 0. The van der Waals surface area contributed by atoms with E-state index in [2.05, 4.69) is 33.8 Å². The Morgan fingerprint density at radius 1 is 0.967 bits per heavy atom. The molecule has 0 bridgehead atoms. The van der Waals surface area contributed by atoms with Gasteiger partial charge in [0.1, 0.15) is 0 Å². The summed E-state index contributed by atoms with van der Waals surface area (Å²) in [7, 11) is 0. The summed E-state index contributed by atoms with van der Waals surface area (Å²) in [5.41, 5.74) is 1.79. The van der Waals surface area contributed by atoms with E-state index in [4.69, 9.17) is 9.47 Å². The third-order valence-electron chi connectivity index (χ3n) is 10.7. The Labute approximate surface area is 181 Å². The molecule has 0 aromatic heterocycles. The van der Waals surface area contributed by atoms with Crippen LogP contribution in [0.5, 0.6) is 0 Å². The molecule has 0 N–H and O–H groups in total. The summed E-state index contributed by atoms with van der Waals surface area (Å²) >= 11 is 0. The van der Waals surface area contributed by atoms with E-state index in [-0.39, 0.29) is 22.6 Å². The molecule has 0 radical (unpaired) electrons. The molecule has 164 valence electrons. The average molecular weight is 411 g/mol. The maximum absolute atomic E-state index is 12.0. The standard InChI is InChI=1S/C27H38O3/c1-17-21-7-8-23-20-6-5-18-15-19(28)9-11-25(18,4)22(20)10-12-26(21,23)16-29-27(17)14-13-24(2,3)30-27/h9,11,15,17,20-23H,5-8,10,12-14,16H2,1-4H3/t17-,20+,21+,22?,23?,25-,26-,27+/m0/s1. The predicted molar refractivity (Wildman–Crippen MR) is 117 cm³/mol. The van der Waals surface area contributed by atoms with Crippen LogP contribution in [0.1, 0.15) is 79.1 Å². The summed E-state index contributed by atoms with van der Waals surface area (Å²) in [6.07, 6.45) is 15.8. The Bertz CT molecular complexity index is 839. The third kappa shape index (κ3) is 2.43. The van der Waals surface area contributed by atoms with E-state index in [1.807, 2.05) is 12.2 Å². The fourth-order valence-corrected chi connectivity index (χ4v) is 9.24. The average Bonchev–Trinajstić information content (AvgIpc) is 3.25. The molecule has 3 nitrogen and oxygen atoms in total. The van der Waals surface area contributed by atoms with Crippen molar-refractivity contribution in [2.24, 2.45) is 40.4 Å². The summed E-state index contributed by atoms with van der Waals surface area (Å²) < 4.78 is 13.4. The van der Waals surface area contributed by atoms with Crippen molar-refractivity contribution in [3.63, 3.8) is 0 Å². The molecule has 8 atom stereocenters. The summed E-state index contributed by atoms with van der Waals surface area (Å²) in [5.74, 6) is 3.30. The van der Waals surface area contributed by atoms with Crippen molar-refractivity contribution in [3.05, 3.63) is 23.8 Å². The number of allylic oxidation sites excluding steroid dienone is 4. The minimum atomic E-state index is -0.341. The van der Waals surface area contributed by atoms with Gasteiger partial charge < -0.3 is 9.47 Å². The monoisotopic (exact) mass is 410 g/mol. The van der Waals surface area contributed by atoms with Crippen LogP contribution in [0.2, 0.25) is 0 Å². The number of carbonyl (C=O) groups excluding carboxylic acids is 1. The van der Waals surface area contributed by atoms with Crippen molar-refractivity contribution in [2.45, 2.75) is 90.4 Å². The molecular weight excluding hydrogens is 372 g/mol. The molecule has 2 heterocycles. The molecule has 0 aromatic carbocycles. The van der Waals surface area contributed by atoms with Crippen LogP contribution in [0, 0.1) is 40.4 Å². The molecule has 0 aromatic rings. The van der Waals surface area contributed by atoms with Crippen LogP contribution in [-0.2, 0) is 14.3 Å². The number of ether oxygens (including phenoxy) is 2. The summed E-state index contributed by atoms with van der Waals surface area (Å²) in [6.45, 7) is 10.2. The van der Waals surface area contributed by atoms with Gasteiger partial charge in [0.2, 0.25) is 0 Å². The Morgan fingerprint density at radius 2 is 1.77 bits per heavy atom. The smallest absolute Gasteiger partial charge is 0.178 e. The van der Waals surface area contributed by atoms with Crippen LogP contribution in [-0.4, -0.2) is 23.8 Å². The zero-order valence-corrected chi connectivity index (χ0v) is 19.2. The molecule has 30 heavy (non-hydrogen) atoms. The molecule has 3 heteroatoms. The minimum Gasteiger partial charge on any atom is -0.349 e. The zero-order chi connectivity index (χ0) is 20.9. The van der Waals surface area contributed by atoms with Gasteiger partial charge in [-0.15, -0.1) is 0 Å². The lowest BCUT2D eigenvalue weighted by Gasteiger charge is -2.61. The number of hydrogen-bond acceptors (Lipinski definition) is 3. The summed E-state index contributed by atoms with van der Waals surface area (Å²) in [4.78, 5) is 12.0. The molecular formula is C27H38O3. The molecule has 5 fully saturated rings. The van der Waals surface area contributed by atoms with Gasteiger partial charge in [0.15, 0.2) is 11.6 Å². The van der Waals surface area contributed by atoms with Crippen molar-refractivity contribution in [1.82, 2.24) is 0 Å². The van der Waals surface area contributed by atoms with E-state index < -0.39 is 0 Å². The molecule has 3 saturated carbocycles. The maximum Gasteiger partial charge on any atom is 0.178 e. The number of hydrogen-bond donors (Lipinski definition) is 0. The van der Waals surface area contributed by atoms with E-state index in [9.17, 15) is 4.79 Å². The lowest BCUT2D eigenvalue weighted by molar-refractivity contribution is -0.329. The zero-order valence-electron chi connectivity index (χ0n) is 19.2. The van der Waals surface area contributed by atoms with Gasteiger partial charge in [0.05, 0.1) is 12.2 Å². The van der Waals surface area contributed by atoms with E-state index in [0.717, 1.165) is 43.6 Å². The highest BCUT2D eigenvalue weighted by Crippen LogP contribution is 2.70. The van der Waals surface area contributed by atoms with Crippen LogP contribution in [0.4, 0.5) is 0 Å². The van der Waals surface area contributed by atoms with Crippen LogP contribution in [0.15, 0.2) is 23.8 Å². The van der Waals surface area contributed by atoms with Gasteiger partial charge in [-0.25, -0.2) is 0 Å². The van der Waals surface area contributed by atoms with Gasteiger partial charge in [-0.05, 0) is 94.6 Å². The fraction of sp³-hybridized carbons (Fsp3) is 0.815. The quantitative estimate of drug-likeness (QED) is 0.503. The molecule has 6 rings (SSSR count). The van der Waals surface area contributed by atoms with Crippen LogP contribution in [0.25, 0.3) is 0 Å². The Hall–Kier alpha value is -0.930. The highest BCUT2D eigenvalue weighted by atomic mass is 16.7. The fourth-order valence-electron chi connectivity index (χ4n) is 9.24. The first kappa shape index (κ1) is 19.7. The van der Waals surface area contributed by atoms with E-state index >= 15 is 0 Å². The van der Waals surface area contributed by atoms with Crippen LogP contribution >= 0.6 is 0 Å². The second-order valence-electron chi connectivity index (χ2n) is 12.3. The molecule has 4 aliphatic carbocycles. The van der Waals surface area contributed by atoms with Gasteiger partial charge in [0.25, 0.3) is 0 Å². The summed E-state index contributed by atoms with van der Waals surface area (Å²) in [6, 6.07) is 0. The molecule has 2 unspecified atom stereocenters. The van der Waals surface area contributed by atoms with Gasteiger partial charge in [0, 0.05) is 23.2 Å². The van der Waals surface area contributed by atoms with Crippen LogP contribution in [0.3, 0.4) is 0 Å². The Morgan fingerprint density at radius 3 is 2.53 bits per heavy atom. The second-order valence-corrected chi connectivity index (χ2v) is 12.3. The molecule has 2 aliphatic heterocycles. The lowest BCUT2D eigenvalue weighted by atomic mass is 9.46. The highest BCUT2D eigenvalue weighted by Gasteiger charge is 2.67. The molecule has 2 saturated heterocycles. The Kier molecular flexibility index (Phi) is 4.01. The number of carbonyl (C=O) groups is 1. The van der Waals surface area contributed by atoms with Crippen molar-refractivity contribution in [1.29, 1.82) is 0 Å². The van der Waals surface area contributed by atoms with Gasteiger partial charge in [-0.3, -0.25) is 4.79 Å². The van der Waals surface area contributed by atoms with E-state index in [1.165, 1.54) is 37.7 Å². The largest absolute Gasteiger partial charge is 0.349 e.